The van der Waals surface area contributed by atoms with Crippen molar-refractivity contribution in [3.8, 4) is 23.8 Å². The second kappa shape index (κ2) is 10.4. The van der Waals surface area contributed by atoms with Crippen LogP contribution in [0.2, 0.25) is 0 Å². The average molecular weight is 387 g/mol. The highest BCUT2D eigenvalue weighted by molar-refractivity contribution is 7.09. The van der Waals surface area contributed by atoms with Gasteiger partial charge >= 0.3 is 0 Å². The molecular formula is C20H26N4O2S. The van der Waals surface area contributed by atoms with Crippen molar-refractivity contribution in [2.45, 2.75) is 26.9 Å². The van der Waals surface area contributed by atoms with E-state index in [2.05, 4.69) is 33.4 Å². The van der Waals surface area contributed by atoms with Crippen LogP contribution in [0.5, 0.6) is 11.5 Å². The molecule has 0 aliphatic rings. The van der Waals surface area contributed by atoms with E-state index in [1.165, 1.54) is 0 Å². The number of nitrogens with one attached hydrogen (secondary N) is 1. The molecule has 2 aromatic rings. The van der Waals surface area contributed by atoms with Gasteiger partial charge in [-0.05, 0) is 31.5 Å². The summed E-state index contributed by atoms with van der Waals surface area (Å²) in [5.74, 6) is 4.57. The van der Waals surface area contributed by atoms with E-state index in [1.807, 2.05) is 32.2 Å². The van der Waals surface area contributed by atoms with E-state index >= 15 is 0 Å². The van der Waals surface area contributed by atoms with E-state index < -0.39 is 0 Å². The molecule has 0 aliphatic carbocycles. The van der Waals surface area contributed by atoms with Crippen LogP contribution < -0.4 is 14.8 Å². The van der Waals surface area contributed by atoms with E-state index in [-0.39, 0.29) is 6.61 Å². The van der Waals surface area contributed by atoms with E-state index in [0.29, 0.717) is 24.6 Å². The minimum atomic E-state index is 0.196. The Balaban J connectivity index is 2.12. The first-order valence-electron chi connectivity index (χ1n) is 8.71. The highest BCUT2D eigenvalue weighted by Crippen LogP contribution is 2.28. The predicted molar refractivity (Wildman–Crippen MR) is 110 cm³/mol. The number of aliphatic imine (C=N–C) groups is 1. The van der Waals surface area contributed by atoms with Crippen LogP contribution in [0.1, 0.15) is 23.2 Å². The number of nitrogens with zero attached hydrogens (tertiary/aromatic N) is 3. The molecule has 0 amide bonds. The molecule has 1 N–H and O–H groups in total. The number of rotatable bonds is 8. The maximum absolute atomic E-state index is 5.56. The lowest BCUT2D eigenvalue weighted by Crippen LogP contribution is -2.38. The van der Waals surface area contributed by atoms with Crippen molar-refractivity contribution in [1.82, 2.24) is 15.2 Å². The van der Waals surface area contributed by atoms with Crippen LogP contribution in [0.15, 0.2) is 28.6 Å². The predicted octanol–water partition coefficient (Wildman–Crippen LogP) is 3.07. The number of benzene rings is 1. The molecule has 144 valence electrons. The summed E-state index contributed by atoms with van der Waals surface area (Å²) in [5, 5.41) is 6.47. The van der Waals surface area contributed by atoms with Gasteiger partial charge in [0.05, 0.1) is 30.9 Å². The van der Waals surface area contributed by atoms with Gasteiger partial charge in [-0.2, -0.15) is 0 Å². The fraction of sp³-hybridized carbons (Fsp3) is 0.400. The molecule has 0 saturated carbocycles. The fourth-order valence-electron chi connectivity index (χ4n) is 2.49. The molecule has 0 unspecified atom stereocenters. The molecule has 27 heavy (non-hydrogen) atoms. The van der Waals surface area contributed by atoms with Gasteiger partial charge in [0, 0.05) is 19.0 Å². The Hall–Kier alpha value is -2.72. The van der Waals surface area contributed by atoms with Gasteiger partial charge in [0.15, 0.2) is 17.5 Å². The van der Waals surface area contributed by atoms with Gasteiger partial charge in [-0.1, -0.05) is 12.0 Å². The number of methoxy groups -OCH3 is 1. The molecular weight excluding hydrogens is 360 g/mol. The third-order valence-corrected chi connectivity index (χ3v) is 4.53. The zero-order chi connectivity index (χ0) is 19.6. The minimum absolute atomic E-state index is 0.196. The molecule has 0 spiro atoms. The molecule has 0 bridgehead atoms. The summed E-state index contributed by atoms with van der Waals surface area (Å²) in [6.45, 7) is 6.26. The molecule has 1 aromatic carbocycles. The molecule has 1 aromatic heterocycles. The van der Waals surface area contributed by atoms with Gasteiger partial charge < -0.3 is 19.7 Å². The molecule has 1 heterocycles. The highest BCUT2D eigenvalue weighted by atomic mass is 32.1. The number of aryl methyl sites for hydroxylation is 1. The van der Waals surface area contributed by atoms with Crippen LogP contribution in [0.3, 0.4) is 0 Å². The molecule has 0 aliphatic heterocycles. The van der Waals surface area contributed by atoms with E-state index in [4.69, 9.17) is 20.9 Å². The lowest BCUT2D eigenvalue weighted by Gasteiger charge is -2.21. The largest absolute Gasteiger partial charge is 0.493 e. The van der Waals surface area contributed by atoms with Gasteiger partial charge in [-0.15, -0.1) is 17.8 Å². The third-order valence-electron chi connectivity index (χ3n) is 3.71. The molecule has 6 nitrogen and oxygen atoms in total. The first kappa shape index (κ1) is 20.6. The number of hydrogen-bond donors (Lipinski definition) is 1. The summed E-state index contributed by atoms with van der Waals surface area (Å²) in [7, 11) is 3.61. The monoisotopic (exact) mass is 386 g/mol. The second-order valence-corrected chi connectivity index (χ2v) is 6.92. The number of ether oxygens (including phenoxy) is 2. The maximum Gasteiger partial charge on any atom is 0.194 e. The van der Waals surface area contributed by atoms with Crippen molar-refractivity contribution in [3.05, 3.63) is 39.8 Å². The topological polar surface area (TPSA) is 59.0 Å². The van der Waals surface area contributed by atoms with Gasteiger partial charge in [-0.25, -0.2) is 9.98 Å². The summed E-state index contributed by atoms with van der Waals surface area (Å²) in [4.78, 5) is 11.3. The molecule has 0 saturated heterocycles. The second-order valence-electron chi connectivity index (χ2n) is 5.86. The van der Waals surface area contributed by atoms with Gasteiger partial charge in [0.25, 0.3) is 0 Å². The Morgan fingerprint density at radius 2 is 2.22 bits per heavy atom. The SMILES string of the molecule is C#CCOc1cc(CN=C(NCC)N(C)Cc2csc(C)n2)ccc1OC. The van der Waals surface area contributed by atoms with Crippen molar-refractivity contribution in [2.24, 2.45) is 4.99 Å². The minimum Gasteiger partial charge on any atom is -0.493 e. The Morgan fingerprint density at radius 3 is 2.85 bits per heavy atom. The first-order valence-corrected chi connectivity index (χ1v) is 9.59. The van der Waals surface area contributed by atoms with Crippen LogP contribution in [0.25, 0.3) is 0 Å². The molecule has 0 radical (unpaired) electrons. The maximum atomic E-state index is 5.56. The number of guanidine groups is 1. The summed E-state index contributed by atoms with van der Waals surface area (Å²) in [5.41, 5.74) is 2.05. The lowest BCUT2D eigenvalue weighted by molar-refractivity contribution is 0.330. The zero-order valence-corrected chi connectivity index (χ0v) is 17.1. The molecule has 0 fully saturated rings. The Morgan fingerprint density at radius 1 is 1.41 bits per heavy atom. The van der Waals surface area contributed by atoms with Crippen LogP contribution in [-0.2, 0) is 13.1 Å². The average Bonchev–Trinajstić information content (AvgIpc) is 3.07. The summed E-state index contributed by atoms with van der Waals surface area (Å²) in [6, 6.07) is 5.75. The van der Waals surface area contributed by atoms with E-state index in [0.717, 1.165) is 28.8 Å². The summed E-state index contributed by atoms with van der Waals surface area (Å²) in [6.07, 6.45) is 5.28. The van der Waals surface area contributed by atoms with Crippen molar-refractivity contribution in [2.75, 3.05) is 27.3 Å². The number of terminal acetylenes is 1. The smallest absolute Gasteiger partial charge is 0.194 e. The quantitative estimate of drug-likeness (QED) is 0.429. The Kier molecular flexibility index (Phi) is 7.96. The number of hydrogen-bond acceptors (Lipinski definition) is 5. The van der Waals surface area contributed by atoms with Gasteiger partial charge in [-0.3, -0.25) is 0 Å². The highest BCUT2D eigenvalue weighted by Gasteiger charge is 2.10. The zero-order valence-electron chi connectivity index (χ0n) is 16.3. The third kappa shape index (κ3) is 6.19. The van der Waals surface area contributed by atoms with Crippen molar-refractivity contribution >= 4 is 17.3 Å². The van der Waals surface area contributed by atoms with Crippen LogP contribution in [0.4, 0.5) is 0 Å². The fourth-order valence-corrected chi connectivity index (χ4v) is 3.09. The summed E-state index contributed by atoms with van der Waals surface area (Å²) < 4.78 is 10.9. The lowest BCUT2D eigenvalue weighted by atomic mass is 10.2. The van der Waals surface area contributed by atoms with Crippen molar-refractivity contribution in [3.63, 3.8) is 0 Å². The first-order chi connectivity index (χ1) is 13.1. The number of thiazole rings is 1. The van der Waals surface area contributed by atoms with Crippen molar-refractivity contribution in [1.29, 1.82) is 0 Å². The van der Waals surface area contributed by atoms with E-state index in [1.54, 1.807) is 18.4 Å². The molecule has 7 heteroatoms. The Bertz CT molecular complexity index is 811. The number of aromatic nitrogens is 1. The standard InChI is InChI=1S/C20H26N4O2S/c1-6-10-26-19-11-16(8-9-18(19)25-5)12-22-20(21-7-2)24(4)13-17-14-27-15(3)23-17/h1,8-9,11,14H,7,10,12-13H2,2-5H3,(H,21,22). The van der Waals surface area contributed by atoms with E-state index in [9.17, 15) is 0 Å². The Labute approximate surface area is 165 Å². The normalized spacial score (nSPS) is 11.0. The van der Waals surface area contributed by atoms with Gasteiger partial charge in [0.2, 0.25) is 0 Å². The van der Waals surface area contributed by atoms with Gasteiger partial charge in [0.1, 0.15) is 6.61 Å². The van der Waals surface area contributed by atoms with Crippen LogP contribution in [0, 0.1) is 19.3 Å². The van der Waals surface area contributed by atoms with Crippen LogP contribution >= 0.6 is 11.3 Å². The molecule has 2 rings (SSSR count). The summed E-state index contributed by atoms with van der Waals surface area (Å²) >= 11 is 1.66. The molecule has 0 atom stereocenters. The van der Waals surface area contributed by atoms with Crippen LogP contribution in [-0.4, -0.2) is 43.2 Å². The van der Waals surface area contributed by atoms with Crippen molar-refractivity contribution < 1.29 is 9.47 Å².